The summed E-state index contributed by atoms with van der Waals surface area (Å²) in [6, 6.07) is 0. The Labute approximate surface area is 185 Å². The third-order valence-electron chi connectivity index (χ3n) is 8.17. The molecule has 0 bridgehead atoms. The predicted molar refractivity (Wildman–Crippen MR) is 132 cm³/mol. The summed E-state index contributed by atoms with van der Waals surface area (Å²) in [5.74, 6) is 2.12. The van der Waals surface area contributed by atoms with Crippen molar-refractivity contribution in [2.75, 3.05) is 0 Å². The lowest BCUT2D eigenvalue weighted by Gasteiger charge is -2.20. The standard InChI is InChI=1S/C29H56/c1-2-6-10-14-18-23-28(22-17-13-9-5-1)26-21-27-29-24-19-15-11-7-3-4-8-12-16-20-25-29/h28-29H,1-27H2. The monoisotopic (exact) mass is 404 g/mol. The average Bonchev–Trinajstić information content (AvgIpc) is 2.77. The lowest BCUT2D eigenvalue weighted by Crippen LogP contribution is -2.05. The molecule has 0 unspecified atom stereocenters. The maximum absolute atomic E-state index is 1.55. The number of hydrogen-bond acceptors (Lipinski definition) is 0. The van der Waals surface area contributed by atoms with E-state index in [-0.39, 0.29) is 0 Å². The fraction of sp³-hybridized carbons (Fsp3) is 1.00. The Bertz CT molecular complexity index is 273. The molecule has 0 N–H and O–H groups in total. The Morgan fingerprint density at radius 1 is 0.276 bits per heavy atom. The highest BCUT2D eigenvalue weighted by Gasteiger charge is 2.13. The van der Waals surface area contributed by atoms with E-state index >= 15 is 0 Å². The molecule has 2 aliphatic carbocycles. The van der Waals surface area contributed by atoms with E-state index in [1.54, 1.807) is 38.5 Å². The van der Waals surface area contributed by atoms with Crippen molar-refractivity contribution in [3.05, 3.63) is 0 Å². The minimum absolute atomic E-state index is 1.06. The Morgan fingerprint density at radius 2 is 0.483 bits per heavy atom. The van der Waals surface area contributed by atoms with Gasteiger partial charge in [-0.3, -0.25) is 0 Å². The van der Waals surface area contributed by atoms with Crippen molar-refractivity contribution in [3.63, 3.8) is 0 Å². The second-order valence-electron chi connectivity index (χ2n) is 10.9. The van der Waals surface area contributed by atoms with Crippen LogP contribution in [0.15, 0.2) is 0 Å². The van der Waals surface area contributed by atoms with Gasteiger partial charge in [-0.25, -0.2) is 0 Å². The molecule has 0 radical (unpaired) electrons. The summed E-state index contributed by atoms with van der Waals surface area (Å²) in [7, 11) is 0. The third kappa shape index (κ3) is 14.6. The van der Waals surface area contributed by atoms with Gasteiger partial charge < -0.3 is 0 Å². The van der Waals surface area contributed by atoms with E-state index in [1.807, 2.05) is 0 Å². The van der Waals surface area contributed by atoms with E-state index in [4.69, 9.17) is 0 Å². The maximum atomic E-state index is 1.55. The van der Waals surface area contributed by atoms with E-state index in [0.717, 1.165) is 11.8 Å². The summed E-state index contributed by atoms with van der Waals surface area (Å²) in [5, 5.41) is 0. The highest BCUT2D eigenvalue weighted by Crippen LogP contribution is 2.29. The van der Waals surface area contributed by atoms with Crippen LogP contribution in [0.3, 0.4) is 0 Å². The van der Waals surface area contributed by atoms with Gasteiger partial charge in [0.2, 0.25) is 0 Å². The molecule has 29 heavy (non-hydrogen) atoms. The molecule has 0 aromatic carbocycles. The molecule has 0 saturated heterocycles. The Kier molecular flexibility index (Phi) is 16.3. The predicted octanol–water partition coefficient (Wildman–Crippen LogP) is 10.8. The molecule has 2 saturated carbocycles. The van der Waals surface area contributed by atoms with E-state index in [1.165, 1.54) is 135 Å². The minimum atomic E-state index is 1.06. The molecule has 172 valence electrons. The van der Waals surface area contributed by atoms with E-state index in [0.29, 0.717) is 0 Å². The molecule has 2 aliphatic rings. The Balaban J connectivity index is 1.66. The van der Waals surface area contributed by atoms with Crippen molar-refractivity contribution in [2.24, 2.45) is 11.8 Å². The van der Waals surface area contributed by atoms with Gasteiger partial charge in [-0.15, -0.1) is 0 Å². The third-order valence-corrected chi connectivity index (χ3v) is 8.17. The lowest BCUT2D eigenvalue weighted by molar-refractivity contribution is 0.328. The van der Waals surface area contributed by atoms with Gasteiger partial charge >= 0.3 is 0 Å². The average molecular weight is 405 g/mol. The summed E-state index contributed by atoms with van der Waals surface area (Å²) in [4.78, 5) is 0. The van der Waals surface area contributed by atoms with Crippen molar-refractivity contribution in [1.29, 1.82) is 0 Å². The zero-order valence-electron chi connectivity index (χ0n) is 20.2. The van der Waals surface area contributed by atoms with Gasteiger partial charge in [0.25, 0.3) is 0 Å². The smallest absolute Gasteiger partial charge is 0.0414 e. The fourth-order valence-electron chi connectivity index (χ4n) is 6.12. The summed E-state index contributed by atoms with van der Waals surface area (Å²) in [6.07, 6.45) is 41.0. The summed E-state index contributed by atoms with van der Waals surface area (Å²) >= 11 is 0. The second-order valence-corrected chi connectivity index (χ2v) is 10.9. The van der Waals surface area contributed by atoms with Crippen LogP contribution in [-0.4, -0.2) is 0 Å². The Hall–Kier alpha value is 0. The van der Waals surface area contributed by atoms with Crippen LogP contribution in [0, 0.1) is 11.8 Å². The molecule has 0 aromatic heterocycles. The van der Waals surface area contributed by atoms with Gasteiger partial charge in [0, 0.05) is 0 Å². The first-order valence-corrected chi connectivity index (χ1v) is 14.4. The zero-order valence-corrected chi connectivity index (χ0v) is 20.2. The quantitative estimate of drug-likeness (QED) is 0.437. The summed E-state index contributed by atoms with van der Waals surface area (Å²) in [6.45, 7) is 0. The van der Waals surface area contributed by atoms with Crippen molar-refractivity contribution >= 4 is 0 Å². The van der Waals surface area contributed by atoms with Crippen molar-refractivity contribution in [1.82, 2.24) is 0 Å². The van der Waals surface area contributed by atoms with Crippen molar-refractivity contribution < 1.29 is 0 Å². The van der Waals surface area contributed by atoms with Crippen LogP contribution in [0.25, 0.3) is 0 Å². The van der Waals surface area contributed by atoms with E-state index < -0.39 is 0 Å². The van der Waals surface area contributed by atoms with Crippen molar-refractivity contribution in [2.45, 2.75) is 173 Å². The van der Waals surface area contributed by atoms with Gasteiger partial charge in [0.15, 0.2) is 0 Å². The van der Waals surface area contributed by atoms with Crippen LogP contribution in [0.4, 0.5) is 0 Å². The highest BCUT2D eigenvalue weighted by atomic mass is 14.2. The minimum Gasteiger partial charge on any atom is -0.0533 e. The van der Waals surface area contributed by atoms with Crippen LogP contribution >= 0.6 is 0 Å². The van der Waals surface area contributed by atoms with Crippen molar-refractivity contribution in [3.8, 4) is 0 Å². The second kappa shape index (κ2) is 18.7. The molecule has 2 rings (SSSR count). The first kappa shape index (κ1) is 25.3. The molecule has 0 heterocycles. The Morgan fingerprint density at radius 3 is 0.724 bits per heavy atom. The van der Waals surface area contributed by atoms with Gasteiger partial charge in [0.05, 0.1) is 0 Å². The van der Waals surface area contributed by atoms with E-state index in [2.05, 4.69) is 0 Å². The zero-order chi connectivity index (χ0) is 20.2. The SMILES string of the molecule is C1CCCCCCC(CCCC2CCCCCCCCCCCC2)CCCCC1. The van der Waals surface area contributed by atoms with Crippen LogP contribution in [0.2, 0.25) is 0 Å². The molecule has 0 aromatic rings. The molecule has 2 fully saturated rings. The van der Waals surface area contributed by atoms with Gasteiger partial charge in [-0.05, 0) is 11.8 Å². The lowest BCUT2D eigenvalue weighted by atomic mass is 9.86. The van der Waals surface area contributed by atoms with E-state index in [9.17, 15) is 0 Å². The summed E-state index contributed by atoms with van der Waals surface area (Å²) in [5.41, 5.74) is 0. The molecular weight excluding hydrogens is 348 g/mol. The topological polar surface area (TPSA) is 0 Å². The normalized spacial score (nSPS) is 24.8. The molecule has 0 nitrogen and oxygen atoms in total. The summed E-state index contributed by atoms with van der Waals surface area (Å²) < 4.78 is 0. The van der Waals surface area contributed by atoms with Crippen LogP contribution in [0.1, 0.15) is 173 Å². The van der Waals surface area contributed by atoms with Crippen LogP contribution < -0.4 is 0 Å². The molecule has 0 spiro atoms. The molecule has 0 amide bonds. The van der Waals surface area contributed by atoms with Crippen LogP contribution in [-0.2, 0) is 0 Å². The largest absolute Gasteiger partial charge is 0.0533 e. The van der Waals surface area contributed by atoms with Gasteiger partial charge in [0.1, 0.15) is 0 Å². The van der Waals surface area contributed by atoms with Gasteiger partial charge in [-0.2, -0.15) is 0 Å². The molecular formula is C29H56. The maximum Gasteiger partial charge on any atom is -0.0414 e. The molecule has 0 heteroatoms. The first-order valence-electron chi connectivity index (χ1n) is 14.4. The highest BCUT2D eigenvalue weighted by molar-refractivity contribution is 4.66. The number of hydrogen-bond donors (Lipinski definition) is 0. The number of rotatable bonds is 4. The van der Waals surface area contributed by atoms with Crippen LogP contribution in [0.5, 0.6) is 0 Å². The fourth-order valence-corrected chi connectivity index (χ4v) is 6.12. The molecule has 0 aliphatic heterocycles. The van der Waals surface area contributed by atoms with Gasteiger partial charge in [-0.1, -0.05) is 173 Å². The first-order chi connectivity index (χ1) is 14.4. The molecule has 0 atom stereocenters.